The summed E-state index contributed by atoms with van der Waals surface area (Å²) in [5.41, 5.74) is 1.69. The Hall–Kier alpha value is -1.36. The zero-order valence-corrected chi connectivity index (χ0v) is 10.3. The van der Waals surface area contributed by atoms with Gasteiger partial charge in [0.25, 0.3) is 0 Å². The maximum absolute atomic E-state index is 11.8. The summed E-state index contributed by atoms with van der Waals surface area (Å²) < 4.78 is 10.3. The number of carbonyl (C=O) groups is 1. The van der Waals surface area contributed by atoms with Crippen molar-refractivity contribution in [3.05, 3.63) is 17.0 Å². The maximum atomic E-state index is 11.8. The van der Waals surface area contributed by atoms with Crippen molar-refractivity contribution < 1.29 is 14.1 Å². The quantitative estimate of drug-likeness (QED) is 0.849. The fourth-order valence-electron chi connectivity index (χ4n) is 1.98. The Morgan fingerprint density at radius 1 is 1.53 bits per heavy atom. The molecule has 2 heterocycles. The van der Waals surface area contributed by atoms with E-state index in [1.54, 1.807) is 0 Å². The van der Waals surface area contributed by atoms with Crippen LogP contribution < -0.4 is 5.32 Å². The van der Waals surface area contributed by atoms with Crippen LogP contribution in [0.25, 0.3) is 0 Å². The lowest BCUT2D eigenvalue weighted by molar-refractivity contribution is -0.120. The van der Waals surface area contributed by atoms with Gasteiger partial charge in [-0.05, 0) is 20.3 Å². The second-order valence-electron chi connectivity index (χ2n) is 4.51. The summed E-state index contributed by atoms with van der Waals surface area (Å²) >= 11 is 0. The fraction of sp³-hybridized carbons (Fsp3) is 0.667. The minimum atomic E-state index is 0.0197. The lowest BCUT2D eigenvalue weighted by atomic mass is 10.1. The van der Waals surface area contributed by atoms with Gasteiger partial charge >= 0.3 is 0 Å². The number of carbonyl (C=O) groups excluding carboxylic acids is 1. The first-order valence-corrected chi connectivity index (χ1v) is 5.93. The number of rotatable bonds is 4. The van der Waals surface area contributed by atoms with Crippen molar-refractivity contribution in [1.82, 2.24) is 10.5 Å². The minimum Gasteiger partial charge on any atom is -0.381 e. The first kappa shape index (κ1) is 12.1. The van der Waals surface area contributed by atoms with Crippen LogP contribution in [0.1, 0.15) is 23.4 Å². The highest BCUT2D eigenvalue weighted by molar-refractivity contribution is 5.78. The van der Waals surface area contributed by atoms with Gasteiger partial charge in [-0.3, -0.25) is 4.79 Å². The van der Waals surface area contributed by atoms with Crippen LogP contribution in [0.3, 0.4) is 0 Å². The van der Waals surface area contributed by atoms with Gasteiger partial charge < -0.3 is 14.6 Å². The molecule has 0 radical (unpaired) electrons. The molecule has 1 N–H and O–H groups in total. The molecule has 5 heteroatoms. The molecule has 0 spiro atoms. The number of amides is 1. The van der Waals surface area contributed by atoms with Gasteiger partial charge in [-0.25, -0.2) is 0 Å². The molecule has 2 rings (SSSR count). The van der Waals surface area contributed by atoms with Gasteiger partial charge in [-0.1, -0.05) is 5.16 Å². The summed E-state index contributed by atoms with van der Waals surface area (Å²) in [4.78, 5) is 11.8. The van der Waals surface area contributed by atoms with Gasteiger partial charge in [-0.15, -0.1) is 0 Å². The number of nitrogens with zero attached hydrogens (tertiary/aromatic N) is 1. The summed E-state index contributed by atoms with van der Waals surface area (Å²) in [7, 11) is 0. The molecule has 1 atom stereocenters. The standard InChI is InChI=1S/C12H18N2O3/c1-8-11(9(2)17-14-8)5-12(15)13-6-10-3-4-16-7-10/h10H,3-7H2,1-2H3,(H,13,15). The molecule has 5 nitrogen and oxygen atoms in total. The summed E-state index contributed by atoms with van der Waals surface area (Å²) in [6.07, 6.45) is 1.38. The van der Waals surface area contributed by atoms with E-state index in [1.165, 1.54) is 0 Å². The lowest BCUT2D eigenvalue weighted by Gasteiger charge is -2.09. The molecule has 1 fully saturated rings. The molecule has 17 heavy (non-hydrogen) atoms. The molecule has 0 saturated carbocycles. The predicted molar refractivity (Wildman–Crippen MR) is 61.6 cm³/mol. The smallest absolute Gasteiger partial charge is 0.224 e. The van der Waals surface area contributed by atoms with E-state index in [9.17, 15) is 4.79 Å². The van der Waals surface area contributed by atoms with E-state index in [2.05, 4.69) is 10.5 Å². The highest BCUT2D eigenvalue weighted by Gasteiger charge is 2.18. The molecule has 94 valence electrons. The molecular formula is C12H18N2O3. The Kier molecular flexibility index (Phi) is 3.78. The molecular weight excluding hydrogens is 220 g/mol. The monoisotopic (exact) mass is 238 g/mol. The van der Waals surface area contributed by atoms with Crippen LogP contribution in [0.4, 0.5) is 0 Å². The zero-order chi connectivity index (χ0) is 12.3. The SMILES string of the molecule is Cc1noc(C)c1CC(=O)NCC1CCOC1. The molecule has 1 saturated heterocycles. The summed E-state index contributed by atoms with van der Waals surface area (Å²) in [5.74, 6) is 1.21. The van der Waals surface area contributed by atoms with Crippen molar-refractivity contribution >= 4 is 5.91 Å². The first-order valence-electron chi connectivity index (χ1n) is 5.93. The van der Waals surface area contributed by atoms with Crippen molar-refractivity contribution in [2.45, 2.75) is 26.7 Å². The van der Waals surface area contributed by atoms with Crippen LogP contribution in [0.2, 0.25) is 0 Å². The largest absolute Gasteiger partial charge is 0.381 e. The van der Waals surface area contributed by atoms with Crippen molar-refractivity contribution in [2.75, 3.05) is 19.8 Å². The Bertz CT molecular complexity index is 375. The van der Waals surface area contributed by atoms with E-state index in [-0.39, 0.29) is 5.91 Å². The highest BCUT2D eigenvalue weighted by Crippen LogP contribution is 2.13. The number of ether oxygens (including phenoxy) is 1. The molecule has 1 aromatic heterocycles. The number of aryl methyl sites for hydroxylation is 2. The molecule has 1 aliphatic heterocycles. The minimum absolute atomic E-state index is 0.0197. The molecule has 1 unspecified atom stereocenters. The second-order valence-corrected chi connectivity index (χ2v) is 4.51. The van der Waals surface area contributed by atoms with Gasteiger partial charge in [0.05, 0.1) is 18.7 Å². The zero-order valence-electron chi connectivity index (χ0n) is 10.3. The van der Waals surface area contributed by atoms with Crippen LogP contribution in [0, 0.1) is 19.8 Å². The van der Waals surface area contributed by atoms with Crippen LogP contribution in [0.5, 0.6) is 0 Å². The molecule has 1 aromatic rings. The van der Waals surface area contributed by atoms with Crippen LogP contribution in [-0.2, 0) is 16.0 Å². The van der Waals surface area contributed by atoms with Crippen molar-refractivity contribution in [3.8, 4) is 0 Å². The topological polar surface area (TPSA) is 64.4 Å². The Morgan fingerprint density at radius 2 is 2.35 bits per heavy atom. The van der Waals surface area contributed by atoms with Crippen molar-refractivity contribution in [3.63, 3.8) is 0 Å². The normalized spacial score (nSPS) is 19.5. The molecule has 1 amide bonds. The van der Waals surface area contributed by atoms with Crippen molar-refractivity contribution in [1.29, 1.82) is 0 Å². The third-order valence-corrected chi connectivity index (χ3v) is 3.13. The average molecular weight is 238 g/mol. The summed E-state index contributed by atoms with van der Waals surface area (Å²) in [6, 6.07) is 0. The average Bonchev–Trinajstić information content (AvgIpc) is 2.91. The summed E-state index contributed by atoms with van der Waals surface area (Å²) in [6.45, 7) is 5.94. The number of nitrogens with one attached hydrogen (secondary N) is 1. The van der Waals surface area contributed by atoms with E-state index < -0.39 is 0 Å². The number of aromatic nitrogens is 1. The summed E-state index contributed by atoms with van der Waals surface area (Å²) in [5, 5.41) is 6.76. The first-order chi connectivity index (χ1) is 8.16. The second kappa shape index (κ2) is 5.31. The number of hydrogen-bond acceptors (Lipinski definition) is 4. The Balaban J connectivity index is 1.80. The third-order valence-electron chi connectivity index (χ3n) is 3.13. The van der Waals surface area contributed by atoms with E-state index in [0.29, 0.717) is 18.9 Å². The Morgan fingerprint density at radius 3 is 2.94 bits per heavy atom. The van der Waals surface area contributed by atoms with Gasteiger partial charge in [0.1, 0.15) is 5.76 Å². The van der Waals surface area contributed by atoms with E-state index in [0.717, 1.165) is 36.7 Å². The predicted octanol–water partition coefficient (Wildman–Crippen LogP) is 0.987. The van der Waals surface area contributed by atoms with Crippen LogP contribution >= 0.6 is 0 Å². The van der Waals surface area contributed by atoms with Gasteiger partial charge in [0.2, 0.25) is 5.91 Å². The Labute approximate surface area is 101 Å². The molecule has 0 bridgehead atoms. The molecule has 0 aromatic carbocycles. The van der Waals surface area contributed by atoms with E-state index >= 15 is 0 Å². The molecule has 0 aliphatic carbocycles. The molecule has 1 aliphatic rings. The van der Waals surface area contributed by atoms with Gasteiger partial charge in [0, 0.05) is 24.6 Å². The maximum Gasteiger partial charge on any atom is 0.224 e. The van der Waals surface area contributed by atoms with E-state index in [4.69, 9.17) is 9.26 Å². The van der Waals surface area contributed by atoms with Crippen LogP contribution in [-0.4, -0.2) is 30.8 Å². The highest BCUT2D eigenvalue weighted by atomic mass is 16.5. The van der Waals surface area contributed by atoms with E-state index in [1.807, 2.05) is 13.8 Å². The third kappa shape index (κ3) is 3.06. The number of hydrogen-bond donors (Lipinski definition) is 1. The fourth-order valence-corrected chi connectivity index (χ4v) is 1.98. The van der Waals surface area contributed by atoms with Crippen molar-refractivity contribution in [2.24, 2.45) is 5.92 Å². The van der Waals surface area contributed by atoms with Gasteiger partial charge in [-0.2, -0.15) is 0 Å². The van der Waals surface area contributed by atoms with Crippen LogP contribution in [0.15, 0.2) is 4.52 Å². The van der Waals surface area contributed by atoms with Gasteiger partial charge in [0.15, 0.2) is 0 Å². The lowest BCUT2D eigenvalue weighted by Crippen LogP contribution is -2.30.